The van der Waals surface area contributed by atoms with Crippen molar-refractivity contribution >= 4 is 23.4 Å². The summed E-state index contributed by atoms with van der Waals surface area (Å²) >= 11 is 0. The molecule has 2 fully saturated rings. The number of anilines is 1. The molecule has 1 aliphatic heterocycles. The lowest BCUT2D eigenvalue weighted by Gasteiger charge is -2.31. The fraction of sp³-hybridized carbons (Fsp3) is 0.609. The van der Waals surface area contributed by atoms with E-state index < -0.39 is 0 Å². The predicted molar refractivity (Wildman–Crippen MR) is 115 cm³/mol. The van der Waals surface area contributed by atoms with Gasteiger partial charge in [-0.2, -0.15) is 0 Å². The predicted octanol–water partition coefficient (Wildman–Crippen LogP) is 2.96. The van der Waals surface area contributed by atoms with Crippen LogP contribution in [0.3, 0.4) is 0 Å². The summed E-state index contributed by atoms with van der Waals surface area (Å²) in [4.78, 5) is 39.8. The molecule has 1 unspecified atom stereocenters. The molecule has 3 rings (SSSR count). The Balaban J connectivity index is 1.56. The van der Waals surface area contributed by atoms with E-state index in [2.05, 4.69) is 10.6 Å². The van der Waals surface area contributed by atoms with Crippen LogP contribution in [0.4, 0.5) is 5.69 Å². The number of rotatable bonds is 9. The molecule has 7 nitrogen and oxygen atoms in total. The van der Waals surface area contributed by atoms with Crippen molar-refractivity contribution in [3.63, 3.8) is 0 Å². The Morgan fingerprint density at radius 1 is 1.17 bits per heavy atom. The van der Waals surface area contributed by atoms with E-state index in [-0.39, 0.29) is 36.1 Å². The van der Waals surface area contributed by atoms with Crippen molar-refractivity contribution in [2.24, 2.45) is 5.92 Å². The highest BCUT2D eigenvalue weighted by Crippen LogP contribution is 2.29. The average molecular weight is 416 g/mol. The van der Waals surface area contributed by atoms with Gasteiger partial charge in [-0.05, 0) is 38.3 Å². The van der Waals surface area contributed by atoms with Crippen molar-refractivity contribution in [3.8, 4) is 0 Å². The molecule has 1 atom stereocenters. The van der Waals surface area contributed by atoms with Crippen LogP contribution in [0.25, 0.3) is 0 Å². The van der Waals surface area contributed by atoms with E-state index in [9.17, 15) is 14.4 Å². The second kappa shape index (κ2) is 11.1. The van der Waals surface area contributed by atoms with Crippen LogP contribution in [0.15, 0.2) is 24.3 Å². The Kier molecular flexibility index (Phi) is 8.25. The van der Waals surface area contributed by atoms with Crippen LogP contribution in [0.2, 0.25) is 0 Å². The Morgan fingerprint density at radius 3 is 2.70 bits per heavy atom. The number of hydrogen-bond acceptors (Lipinski definition) is 4. The third-order valence-electron chi connectivity index (χ3n) is 5.93. The lowest BCUT2D eigenvalue weighted by Crippen LogP contribution is -2.38. The van der Waals surface area contributed by atoms with E-state index >= 15 is 0 Å². The van der Waals surface area contributed by atoms with Crippen LogP contribution < -0.4 is 10.6 Å². The first kappa shape index (κ1) is 22.3. The van der Waals surface area contributed by atoms with Gasteiger partial charge in [0.2, 0.25) is 11.8 Å². The third-order valence-corrected chi connectivity index (χ3v) is 5.93. The molecule has 0 aromatic heterocycles. The molecule has 164 valence electrons. The Hall–Kier alpha value is -2.41. The fourth-order valence-electron chi connectivity index (χ4n) is 4.29. The van der Waals surface area contributed by atoms with Gasteiger partial charge in [0.25, 0.3) is 5.91 Å². The topological polar surface area (TPSA) is 87.7 Å². The van der Waals surface area contributed by atoms with Crippen LogP contribution in [-0.4, -0.2) is 55.0 Å². The molecule has 7 heteroatoms. The normalized spacial score (nSPS) is 19.7. The highest BCUT2D eigenvalue weighted by atomic mass is 16.5. The van der Waals surface area contributed by atoms with Gasteiger partial charge in [0.1, 0.15) is 0 Å². The summed E-state index contributed by atoms with van der Waals surface area (Å²) in [5, 5.41) is 5.75. The minimum Gasteiger partial charge on any atom is -0.382 e. The van der Waals surface area contributed by atoms with Crippen molar-refractivity contribution in [1.82, 2.24) is 10.2 Å². The molecule has 1 aliphatic carbocycles. The van der Waals surface area contributed by atoms with Crippen LogP contribution in [0.1, 0.15) is 62.2 Å². The maximum Gasteiger partial charge on any atom is 0.253 e. The number of carbonyl (C=O) groups excluding carboxylic acids is 3. The second-order valence-electron chi connectivity index (χ2n) is 8.08. The SMILES string of the molecule is CCOCCCNC(=O)c1ccccc1NC(=O)C1CC(=O)N(C2CCCCC2)C1. The second-order valence-corrected chi connectivity index (χ2v) is 8.08. The standard InChI is InChI=1S/C23H33N3O4/c1-2-30-14-8-13-24-23(29)19-11-6-7-12-20(19)25-22(28)17-15-21(27)26(16-17)18-9-4-3-5-10-18/h6-7,11-12,17-18H,2-5,8-10,13-16H2,1H3,(H,24,29)(H,25,28). The van der Waals surface area contributed by atoms with Gasteiger partial charge in [-0.25, -0.2) is 0 Å². The monoisotopic (exact) mass is 415 g/mol. The summed E-state index contributed by atoms with van der Waals surface area (Å²) in [6.07, 6.45) is 6.58. The molecule has 1 saturated carbocycles. The Bertz CT molecular complexity index is 746. The zero-order valence-electron chi connectivity index (χ0n) is 17.8. The maximum absolute atomic E-state index is 12.9. The molecule has 2 aliphatic rings. The van der Waals surface area contributed by atoms with Crippen LogP contribution in [0, 0.1) is 5.92 Å². The molecule has 1 saturated heterocycles. The molecular formula is C23H33N3O4. The van der Waals surface area contributed by atoms with Gasteiger partial charge in [0.15, 0.2) is 0 Å². The highest BCUT2D eigenvalue weighted by molar-refractivity contribution is 6.05. The lowest BCUT2D eigenvalue weighted by atomic mass is 9.94. The number of amides is 3. The molecule has 1 aromatic carbocycles. The van der Waals surface area contributed by atoms with E-state index in [1.54, 1.807) is 24.3 Å². The molecule has 3 amide bonds. The molecule has 2 N–H and O–H groups in total. The van der Waals surface area contributed by atoms with E-state index in [1.165, 1.54) is 6.42 Å². The summed E-state index contributed by atoms with van der Waals surface area (Å²) in [6, 6.07) is 7.26. The molecule has 30 heavy (non-hydrogen) atoms. The van der Waals surface area contributed by atoms with E-state index in [0.29, 0.717) is 37.6 Å². The van der Waals surface area contributed by atoms with Crippen molar-refractivity contribution in [3.05, 3.63) is 29.8 Å². The first-order valence-corrected chi connectivity index (χ1v) is 11.2. The molecule has 1 aromatic rings. The summed E-state index contributed by atoms with van der Waals surface area (Å²) in [6.45, 7) is 4.17. The van der Waals surface area contributed by atoms with Gasteiger partial charge in [-0.15, -0.1) is 0 Å². The van der Waals surface area contributed by atoms with E-state index in [4.69, 9.17) is 4.74 Å². The van der Waals surface area contributed by atoms with E-state index in [0.717, 1.165) is 32.1 Å². The van der Waals surface area contributed by atoms with Gasteiger partial charge < -0.3 is 20.3 Å². The number of likely N-dealkylation sites (tertiary alicyclic amines) is 1. The zero-order chi connectivity index (χ0) is 21.3. The Morgan fingerprint density at radius 2 is 1.93 bits per heavy atom. The number of ether oxygens (including phenoxy) is 1. The van der Waals surface area contributed by atoms with Crippen LogP contribution in [-0.2, 0) is 14.3 Å². The smallest absolute Gasteiger partial charge is 0.253 e. The van der Waals surface area contributed by atoms with Crippen LogP contribution >= 0.6 is 0 Å². The van der Waals surface area contributed by atoms with Gasteiger partial charge in [0.05, 0.1) is 17.2 Å². The number of para-hydroxylation sites is 1. The summed E-state index contributed by atoms with van der Waals surface area (Å²) in [5.41, 5.74) is 0.907. The summed E-state index contributed by atoms with van der Waals surface area (Å²) in [5.74, 6) is -0.726. The van der Waals surface area contributed by atoms with Crippen LogP contribution in [0.5, 0.6) is 0 Å². The molecular weight excluding hydrogens is 382 g/mol. The summed E-state index contributed by atoms with van der Waals surface area (Å²) < 4.78 is 5.28. The quantitative estimate of drug-likeness (QED) is 0.607. The van der Waals surface area contributed by atoms with Gasteiger partial charge in [-0.3, -0.25) is 14.4 Å². The number of nitrogens with zero attached hydrogens (tertiary/aromatic N) is 1. The highest BCUT2D eigenvalue weighted by Gasteiger charge is 2.38. The first-order valence-electron chi connectivity index (χ1n) is 11.2. The van der Waals surface area contributed by atoms with E-state index in [1.807, 2.05) is 11.8 Å². The maximum atomic E-state index is 12.9. The number of benzene rings is 1. The summed E-state index contributed by atoms with van der Waals surface area (Å²) in [7, 11) is 0. The lowest BCUT2D eigenvalue weighted by molar-refractivity contribution is -0.130. The molecule has 0 radical (unpaired) electrons. The third kappa shape index (κ3) is 5.81. The van der Waals surface area contributed by atoms with Crippen molar-refractivity contribution in [2.45, 2.75) is 57.9 Å². The number of hydrogen-bond donors (Lipinski definition) is 2. The van der Waals surface area contributed by atoms with Gasteiger partial charge >= 0.3 is 0 Å². The van der Waals surface area contributed by atoms with Crippen molar-refractivity contribution < 1.29 is 19.1 Å². The minimum atomic E-state index is -0.373. The van der Waals surface area contributed by atoms with Gasteiger partial charge in [-0.1, -0.05) is 31.4 Å². The average Bonchev–Trinajstić information content (AvgIpc) is 3.16. The van der Waals surface area contributed by atoms with Crippen molar-refractivity contribution in [1.29, 1.82) is 0 Å². The molecule has 0 spiro atoms. The molecule has 1 heterocycles. The van der Waals surface area contributed by atoms with Gasteiger partial charge in [0, 0.05) is 38.8 Å². The largest absolute Gasteiger partial charge is 0.382 e. The fourth-order valence-corrected chi connectivity index (χ4v) is 4.29. The zero-order valence-corrected chi connectivity index (χ0v) is 17.8. The minimum absolute atomic E-state index is 0.0716. The molecule has 0 bridgehead atoms. The number of nitrogens with one attached hydrogen (secondary N) is 2. The number of carbonyl (C=O) groups is 3. The van der Waals surface area contributed by atoms with Crippen molar-refractivity contribution in [2.75, 3.05) is 31.6 Å². The Labute approximate surface area is 178 Å². The first-order chi connectivity index (χ1) is 14.6.